The van der Waals surface area contributed by atoms with E-state index in [9.17, 15) is 19.2 Å². The topological polar surface area (TPSA) is 117 Å². The zero-order valence-electron chi connectivity index (χ0n) is 30.3. The maximum atomic E-state index is 13.3. The number of nitrogens with zero attached hydrogens (tertiary/aromatic N) is 2. The van der Waals surface area contributed by atoms with Crippen molar-refractivity contribution in [1.82, 2.24) is 20.4 Å². The van der Waals surface area contributed by atoms with Crippen LogP contribution in [0.15, 0.2) is 0 Å². The summed E-state index contributed by atoms with van der Waals surface area (Å²) in [6.07, 6.45) is 3.76. The summed E-state index contributed by atoms with van der Waals surface area (Å²) in [7, 11) is 0. The van der Waals surface area contributed by atoms with Gasteiger partial charge in [-0.05, 0) is 91.4 Å². The number of carbonyl (C=O) groups is 4. The molecule has 1 heterocycles. The van der Waals surface area contributed by atoms with E-state index < -0.39 is 0 Å². The van der Waals surface area contributed by atoms with Crippen LogP contribution in [0.4, 0.5) is 0 Å². The Labute approximate surface area is 274 Å². The Morgan fingerprint density at radius 3 is 1.71 bits per heavy atom. The first-order valence-corrected chi connectivity index (χ1v) is 17.3. The molecular weight excluding hydrogens is 572 g/mol. The summed E-state index contributed by atoms with van der Waals surface area (Å²) in [5.41, 5.74) is 0. The highest BCUT2D eigenvalue weighted by atomic mass is 16.5. The van der Waals surface area contributed by atoms with Gasteiger partial charge in [0.25, 0.3) is 0 Å². The van der Waals surface area contributed by atoms with Crippen LogP contribution in [0, 0.1) is 23.7 Å². The van der Waals surface area contributed by atoms with Crippen LogP contribution < -0.4 is 10.6 Å². The van der Waals surface area contributed by atoms with Gasteiger partial charge in [0.15, 0.2) is 0 Å². The van der Waals surface area contributed by atoms with Crippen LogP contribution in [-0.4, -0.2) is 103 Å². The number of nitrogens with one attached hydrogen (secondary N) is 2. The maximum Gasteiger partial charge on any atom is 0.234 e. The van der Waals surface area contributed by atoms with Gasteiger partial charge in [0, 0.05) is 38.5 Å². The van der Waals surface area contributed by atoms with E-state index in [2.05, 4.69) is 38.3 Å². The van der Waals surface area contributed by atoms with E-state index in [0.717, 1.165) is 19.3 Å². The molecule has 0 aliphatic carbocycles. The molecule has 2 N–H and O–H groups in total. The second-order valence-corrected chi connectivity index (χ2v) is 14.7. The summed E-state index contributed by atoms with van der Waals surface area (Å²) in [5.74, 6) is 1.04. The number of likely N-dealkylation sites (tertiary alicyclic amines) is 1. The van der Waals surface area contributed by atoms with Gasteiger partial charge in [-0.1, -0.05) is 27.7 Å². The zero-order chi connectivity index (χ0) is 34.3. The molecule has 0 spiro atoms. The van der Waals surface area contributed by atoms with Gasteiger partial charge in [-0.15, -0.1) is 0 Å². The Morgan fingerprint density at radius 1 is 0.756 bits per heavy atom. The minimum atomic E-state index is -0.111. The summed E-state index contributed by atoms with van der Waals surface area (Å²) in [5, 5.41) is 6.02. The van der Waals surface area contributed by atoms with Crippen LogP contribution in [-0.2, 0) is 28.7 Å². The SMILES string of the molecule is CC(=O)CC(C)CC(C)CNC(=O)CN(CC(=O)NCC(C)CC(C)CC(=O)N1C[C@H](OC(C)C)C[C@H]1COC(C)C)C(C)C. The fourth-order valence-electron chi connectivity index (χ4n) is 6.22. The fourth-order valence-corrected chi connectivity index (χ4v) is 6.22. The highest BCUT2D eigenvalue weighted by Crippen LogP contribution is 2.25. The van der Waals surface area contributed by atoms with E-state index >= 15 is 0 Å². The lowest BCUT2D eigenvalue weighted by Gasteiger charge is -2.27. The highest BCUT2D eigenvalue weighted by molar-refractivity contribution is 5.81. The van der Waals surface area contributed by atoms with E-state index in [-0.39, 0.29) is 84.7 Å². The predicted molar refractivity (Wildman–Crippen MR) is 180 cm³/mol. The van der Waals surface area contributed by atoms with Crippen molar-refractivity contribution in [3.63, 3.8) is 0 Å². The number of hydrogen-bond acceptors (Lipinski definition) is 7. The molecule has 10 nitrogen and oxygen atoms in total. The molecule has 1 fully saturated rings. The van der Waals surface area contributed by atoms with Crippen LogP contribution in [0.3, 0.4) is 0 Å². The van der Waals surface area contributed by atoms with Gasteiger partial charge in [-0.25, -0.2) is 0 Å². The minimum Gasteiger partial charge on any atom is -0.377 e. The summed E-state index contributed by atoms with van der Waals surface area (Å²) in [4.78, 5) is 53.9. The first-order chi connectivity index (χ1) is 21.0. The van der Waals surface area contributed by atoms with Crippen molar-refractivity contribution < 1.29 is 28.7 Å². The smallest absolute Gasteiger partial charge is 0.234 e. The van der Waals surface area contributed by atoms with Crippen molar-refractivity contribution in [2.45, 2.75) is 139 Å². The van der Waals surface area contributed by atoms with Gasteiger partial charge >= 0.3 is 0 Å². The van der Waals surface area contributed by atoms with Gasteiger partial charge < -0.3 is 29.8 Å². The second-order valence-electron chi connectivity index (χ2n) is 14.7. The predicted octanol–water partition coefficient (Wildman–Crippen LogP) is 4.44. The molecule has 0 aromatic heterocycles. The van der Waals surface area contributed by atoms with Gasteiger partial charge in [0.05, 0.1) is 44.1 Å². The van der Waals surface area contributed by atoms with E-state index in [1.807, 2.05) is 51.3 Å². The third kappa shape index (κ3) is 18.0. The van der Waals surface area contributed by atoms with E-state index in [4.69, 9.17) is 9.47 Å². The van der Waals surface area contributed by atoms with E-state index in [1.54, 1.807) is 6.92 Å². The number of Topliss-reactive ketones (excluding diaryl/α,β-unsaturated/α-hetero) is 1. The molecule has 4 unspecified atom stereocenters. The third-order valence-electron chi connectivity index (χ3n) is 8.27. The Balaban J connectivity index is 2.49. The third-order valence-corrected chi connectivity index (χ3v) is 8.27. The average molecular weight is 639 g/mol. The second kappa shape index (κ2) is 21.0. The van der Waals surface area contributed by atoms with E-state index in [1.165, 1.54) is 0 Å². The normalized spacial score (nSPS) is 19.7. The molecule has 0 saturated carbocycles. The lowest BCUT2D eigenvalue weighted by atomic mass is 9.93. The summed E-state index contributed by atoms with van der Waals surface area (Å²) in [6, 6.07) is 0.0623. The summed E-state index contributed by atoms with van der Waals surface area (Å²) in [6.45, 7) is 24.4. The summed E-state index contributed by atoms with van der Waals surface area (Å²) < 4.78 is 11.9. The Bertz CT molecular complexity index is 911. The minimum absolute atomic E-state index is 0.0309. The monoisotopic (exact) mass is 638 g/mol. The van der Waals surface area contributed by atoms with Crippen LogP contribution >= 0.6 is 0 Å². The largest absolute Gasteiger partial charge is 0.377 e. The molecule has 0 bridgehead atoms. The number of ether oxygens (including phenoxy) is 2. The number of hydrogen-bond donors (Lipinski definition) is 2. The van der Waals surface area contributed by atoms with Crippen molar-refractivity contribution in [1.29, 1.82) is 0 Å². The molecule has 1 aliphatic heterocycles. The van der Waals surface area contributed by atoms with Crippen LogP contribution in [0.25, 0.3) is 0 Å². The molecule has 45 heavy (non-hydrogen) atoms. The van der Waals surface area contributed by atoms with Gasteiger partial charge in [-0.3, -0.25) is 19.3 Å². The Hall–Kier alpha value is -2.04. The van der Waals surface area contributed by atoms with Gasteiger partial charge in [0.1, 0.15) is 5.78 Å². The first kappa shape index (κ1) is 41.0. The van der Waals surface area contributed by atoms with Crippen molar-refractivity contribution in [3.05, 3.63) is 0 Å². The van der Waals surface area contributed by atoms with Crippen molar-refractivity contribution >= 4 is 23.5 Å². The number of carbonyl (C=O) groups excluding carboxylic acids is 4. The molecule has 262 valence electrons. The van der Waals surface area contributed by atoms with Crippen molar-refractivity contribution in [3.8, 4) is 0 Å². The molecule has 0 aromatic carbocycles. The van der Waals surface area contributed by atoms with Crippen LogP contribution in [0.2, 0.25) is 0 Å². The zero-order valence-corrected chi connectivity index (χ0v) is 30.3. The Kier molecular flexibility index (Phi) is 19.1. The van der Waals surface area contributed by atoms with Crippen LogP contribution in [0.5, 0.6) is 0 Å². The lowest BCUT2D eigenvalue weighted by molar-refractivity contribution is -0.135. The van der Waals surface area contributed by atoms with Gasteiger partial charge in [-0.2, -0.15) is 0 Å². The highest BCUT2D eigenvalue weighted by Gasteiger charge is 2.36. The van der Waals surface area contributed by atoms with Crippen molar-refractivity contribution in [2.24, 2.45) is 23.7 Å². The molecule has 1 rings (SSSR count). The lowest BCUT2D eigenvalue weighted by Crippen LogP contribution is -2.47. The van der Waals surface area contributed by atoms with Gasteiger partial charge in [0.2, 0.25) is 17.7 Å². The molecule has 0 aromatic rings. The van der Waals surface area contributed by atoms with Crippen molar-refractivity contribution in [2.75, 3.05) is 39.3 Å². The molecule has 1 aliphatic rings. The number of rotatable bonds is 22. The molecule has 10 heteroatoms. The quantitative estimate of drug-likeness (QED) is 0.180. The van der Waals surface area contributed by atoms with E-state index in [0.29, 0.717) is 45.0 Å². The fraction of sp³-hybridized carbons (Fsp3) is 0.886. The summed E-state index contributed by atoms with van der Waals surface area (Å²) >= 11 is 0. The van der Waals surface area contributed by atoms with Crippen LogP contribution in [0.1, 0.15) is 108 Å². The first-order valence-electron chi connectivity index (χ1n) is 17.3. The molecule has 0 radical (unpaired) electrons. The standard InChI is InChI=1S/C35H66N4O6/c1-23(2)38(20-33(41)36-17-28(9)12-26(7)14-30(11)40)21-34(42)37-18-29(10)13-27(8)15-35(43)39-19-32(45-25(5)6)16-31(39)22-44-24(3)4/h23-29,31-32H,12-22H2,1-11H3,(H,36,41)(H,37,42)/t26?,27?,28?,29?,31-,32+/m0/s1. The maximum absolute atomic E-state index is 13.3. The molecular formula is C35H66N4O6. The molecule has 3 amide bonds. The number of ketones is 1. The Morgan fingerprint density at radius 2 is 1.27 bits per heavy atom. The number of amides is 3. The average Bonchev–Trinajstić information content (AvgIpc) is 3.30. The molecule has 1 saturated heterocycles. The molecule has 6 atom stereocenters.